The number of nitro groups is 1. The maximum Gasteiger partial charge on any atom is 0.280 e. The summed E-state index contributed by atoms with van der Waals surface area (Å²) >= 11 is 0. The van der Waals surface area contributed by atoms with Gasteiger partial charge in [-0.05, 0) is 18.7 Å². The van der Waals surface area contributed by atoms with Crippen molar-refractivity contribution < 1.29 is 14.5 Å². The number of rotatable bonds is 5. The lowest BCUT2D eigenvalue weighted by Gasteiger charge is -2.04. The van der Waals surface area contributed by atoms with Crippen LogP contribution in [0.2, 0.25) is 0 Å². The van der Waals surface area contributed by atoms with Crippen LogP contribution in [0.4, 0.5) is 5.69 Å². The van der Waals surface area contributed by atoms with Gasteiger partial charge in [0.15, 0.2) is 5.78 Å². The van der Waals surface area contributed by atoms with E-state index in [1.54, 1.807) is 0 Å². The molecular weight excluding hydrogens is 212 g/mol. The third-order valence-electron chi connectivity index (χ3n) is 2.07. The molecule has 0 aliphatic heterocycles. The highest BCUT2D eigenvalue weighted by Crippen LogP contribution is 2.24. The monoisotopic (exact) mass is 224 g/mol. The Kier molecular flexibility index (Phi) is 3.96. The first-order chi connectivity index (χ1) is 7.60. The first-order valence-electron chi connectivity index (χ1n) is 4.66. The Morgan fingerprint density at radius 1 is 1.56 bits per heavy atom. The maximum atomic E-state index is 11.6. The molecule has 0 aromatic heterocycles. The first kappa shape index (κ1) is 12.1. The fourth-order valence-electron chi connectivity index (χ4n) is 1.29. The highest BCUT2D eigenvalue weighted by molar-refractivity contribution is 6.00. The molecule has 1 aromatic rings. The largest absolute Gasteiger partial charge is 0.497 e. The van der Waals surface area contributed by atoms with Crippen LogP contribution in [0.25, 0.3) is 0 Å². The molecule has 0 unspecified atom stereocenters. The third kappa shape index (κ3) is 2.54. The second-order valence-electron chi connectivity index (χ2n) is 3.10. The summed E-state index contributed by atoms with van der Waals surface area (Å²) in [4.78, 5) is 21.7. The quantitative estimate of drug-likeness (QED) is 0.459. The minimum absolute atomic E-state index is 0.0369. The van der Waals surface area contributed by atoms with Crippen molar-refractivity contribution >= 4 is 11.5 Å². The molecule has 6 nitrogen and oxygen atoms in total. The predicted molar refractivity (Wildman–Crippen MR) is 57.7 cm³/mol. The van der Waals surface area contributed by atoms with Gasteiger partial charge < -0.3 is 10.5 Å². The van der Waals surface area contributed by atoms with Crippen LogP contribution < -0.4 is 10.5 Å². The zero-order valence-electron chi connectivity index (χ0n) is 8.80. The van der Waals surface area contributed by atoms with E-state index in [-0.39, 0.29) is 30.0 Å². The van der Waals surface area contributed by atoms with E-state index in [1.807, 2.05) is 0 Å². The Hall–Kier alpha value is -1.95. The van der Waals surface area contributed by atoms with E-state index < -0.39 is 4.92 Å². The molecule has 1 aromatic carbocycles. The molecule has 0 saturated carbocycles. The number of methoxy groups -OCH3 is 1. The molecule has 0 atom stereocenters. The lowest BCUT2D eigenvalue weighted by Crippen LogP contribution is -2.10. The lowest BCUT2D eigenvalue weighted by atomic mass is 10.1. The Bertz CT molecular complexity index is 417. The molecule has 0 radical (unpaired) electrons. The van der Waals surface area contributed by atoms with Crippen molar-refractivity contribution in [2.45, 2.75) is 6.42 Å². The molecule has 0 heterocycles. The van der Waals surface area contributed by atoms with E-state index in [4.69, 9.17) is 10.5 Å². The van der Waals surface area contributed by atoms with Gasteiger partial charge in [0.1, 0.15) is 5.75 Å². The summed E-state index contributed by atoms with van der Waals surface area (Å²) in [5, 5.41) is 10.7. The van der Waals surface area contributed by atoms with Crippen LogP contribution in [0.1, 0.15) is 16.8 Å². The number of hydrogen-bond donors (Lipinski definition) is 1. The second-order valence-corrected chi connectivity index (χ2v) is 3.10. The molecule has 0 bridgehead atoms. The summed E-state index contributed by atoms with van der Waals surface area (Å²) in [6, 6.07) is 4.05. The van der Waals surface area contributed by atoms with Crippen LogP contribution in [0.15, 0.2) is 18.2 Å². The van der Waals surface area contributed by atoms with E-state index in [2.05, 4.69) is 0 Å². The molecule has 0 aliphatic carbocycles. The predicted octanol–water partition coefficient (Wildman–Crippen LogP) is 1.13. The van der Waals surface area contributed by atoms with Crippen LogP contribution >= 0.6 is 0 Å². The average molecular weight is 224 g/mol. The third-order valence-corrected chi connectivity index (χ3v) is 2.07. The zero-order valence-corrected chi connectivity index (χ0v) is 8.80. The lowest BCUT2D eigenvalue weighted by molar-refractivity contribution is -0.385. The van der Waals surface area contributed by atoms with E-state index >= 15 is 0 Å². The van der Waals surface area contributed by atoms with Gasteiger partial charge in [0.05, 0.1) is 17.6 Å². The summed E-state index contributed by atoms with van der Waals surface area (Å²) in [5.74, 6) is 0.0547. The van der Waals surface area contributed by atoms with Gasteiger partial charge in [-0.2, -0.15) is 0 Å². The van der Waals surface area contributed by atoms with Crippen molar-refractivity contribution in [3.05, 3.63) is 33.9 Å². The molecule has 0 fully saturated rings. The Morgan fingerprint density at radius 2 is 2.25 bits per heavy atom. The van der Waals surface area contributed by atoms with Crippen LogP contribution in [0, 0.1) is 10.1 Å². The van der Waals surface area contributed by atoms with E-state index in [0.717, 1.165) is 0 Å². The smallest absolute Gasteiger partial charge is 0.280 e. The number of carbonyl (C=O) groups excluding carboxylic acids is 1. The molecular formula is C10H12N2O4. The molecule has 0 saturated heterocycles. The molecule has 16 heavy (non-hydrogen) atoms. The second kappa shape index (κ2) is 5.22. The number of ether oxygens (including phenoxy) is 1. The van der Waals surface area contributed by atoms with Gasteiger partial charge >= 0.3 is 0 Å². The summed E-state index contributed by atoms with van der Waals surface area (Å²) in [7, 11) is 1.43. The van der Waals surface area contributed by atoms with Gasteiger partial charge in [0, 0.05) is 12.5 Å². The zero-order chi connectivity index (χ0) is 12.1. The average Bonchev–Trinajstić information content (AvgIpc) is 2.28. The SMILES string of the molecule is COc1ccc([N+](=O)[O-])c(C(=O)CCN)c1. The topological polar surface area (TPSA) is 95.5 Å². The fraction of sp³-hybridized carbons (Fsp3) is 0.300. The van der Waals surface area contributed by atoms with E-state index in [1.165, 1.54) is 25.3 Å². The normalized spacial score (nSPS) is 9.88. The number of ketones is 1. The standard InChI is InChI=1S/C10H12N2O4/c1-16-7-2-3-9(12(14)15)8(6-7)10(13)4-5-11/h2-3,6H,4-5,11H2,1H3. The molecule has 0 aliphatic rings. The number of benzene rings is 1. The van der Waals surface area contributed by atoms with Crippen molar-refractivity contribution in [2.24, 2.45) is 5.73 Å². The maximum absolute atomic E-state index is 11.6. The van der Waals surface area contributed by atoms with Gasteiger partial charge in [0.25, 0.3) is 5.69 Å². The van der Waals surface area contributed by atoms with Crippen molar-refractivity contribution in [2.75, 3.05) is 13.7 Å². The Balaban J connectivity index is 3.20. The summed E-state index contributed by atoms with van der Waals surface area (Å²) in [6.45, 7) is 0.160. The van der Waals surface area contributed by atoms with Gasteiger partial charge in [-0.3, -0.25) is 14.9 Å². The van der Waals surface area contributed by atoms with Gasteiger partial charge in [-0.1, -0.05) is 0 Å². The number of nitro benzene ring substituents is 1. The van der Waals surface area contributed by atoms with Crippen LogP contribution in [0.3, 0.4) is 0 Å². The summed E-state index contributed by atoms with van der Waals surface area (Å²) in [5.41, 5.74) is 5.06. The molecule has 0 amide bonds. The number of nitrogens with two attached hydrogens (primary N) is 1. The molecule has 0 spiro atoms. The van der Waals surface area contributed by atoms with Gasteiger partial charge in [-0.25, -0.2) is 0 Å². The Labute approximate surface area is 92.2 Å². The molecule has 6 heteroatoms. The first-order valence-corrected chi connectivity index (χ1v) is 4.66. The molecule has 2 N–H and O–H groups in total. The van der Waals surface area contributed by atoms with Crippen molar-refractivity contribution in [3.63, 3.8) is 0 Å². The van der Waals surface area contributed by atoms with Gasteiger partial charge in [-0.15, -0.1) is 0 Å². The number of hydrogen-bond acceptors (Lipinski definition) is 5. The number of nitrogens with zero attached hydrogens (tertiary/aromatic N) is 1. The van der Waals surface area contributed by atoms with Crippen LogP contribution in [0.5, 0.6) is 5.75 Å². The van der Waals surface area contributed by atoms with Crippen LogP contribution in [-0.4, -0.2) is 24.4 Å². The van der Waals surface area contributed by atoms with Gasteiger partial charge in [0.2, 0.25) is 0 Å². The molecule has 1 rings (SSSR count). The Morgan fingerprint density at radius 3 is 2.75 bits per heavy atom. The number of carbonyl (C=O) groups is 1. The van der Waals surface area contributed by atoms with Crippen LogP contribution in [-0.2, 0) is 0 Å². The highest BCUT2D eigenvalue weighted by atomic mass is 16.6. The van der Waals surface area contributed by atoms with E-state index in [0.29, 0.717) is 5.75 Å². The minimum Gasteiger partial charge on any atom is -0.497 e. The number of Topliss-reactive ketones (excluding diaryl/α,β-unsaturated/α-hetero) is 1. The van der Waals surface area contributed by atoms with Crippen molar-refractivity contribution in [1.82, 2.24) is 0 Å². The van der Waals surface area contributed by atoms with Crippen molar-refractivity contribution in [1.29, 1.82) is 0 Å². The summed E-state index contributed by atoms with van der Waals surface area (Å²) in [6.07, 6.45) is 0.0774. The minimum atomic E-state index is -0.594. The highest BCUT2D eigenvalue weighted by Gasteiger charge is 2.20. The van der Waals surface area contributed by atoms with Crippen molar-refractivity contribution in [3.8, 4) is 5.75 Å². The molecule has 86 valence electrons. The summed E-state index contributed by atoms with van der Waals surface area (Å²) < 4.78 is 4.91. The fourth-order valence-corrected chi connectivity index (χ4v) is 1.29. The van der Waals surface area contributed by atoms with E-state index in [9.17, 15) is 14.9 Å².